The lowest BCUT2D eigenvalue weighted by Gasteiger charge is -2.09. The van der Waals surface area contributed by atoms with E-state index in [9.17, 15) is 0 Å². The highest BCUT2D eigenvalue weighted by Gasteiger charge is 2.10. The second kappa shape index (κ2) is 5.71. The van der Waals surface area contributed by atoms with Crippen molar-refractivity contribution in [2.75, 3.05) is 5.43 Å². The molecule has 0 aliphatic carbocycles. The van der Waals surface area contributed by atoms with Gasteiger partial charge in [-0.15, -0.1) is 0 Å². The summed E-state index contributed by atoms with van der Waals surface area (Å²) >= 11 is 15.0. The molecule has 0 radical (unpaired) electrons. The van der Waals surface area contributed by atoms with Crippen LogP contribution in [0.25, 0.3) is 0 Å². The topological polar surface area (TPSA) is 73.1 Å². The number of hydrazine groups is 1. The number of hydrogen-bond donors (Lipinski definition) is 2. The van der Waals surface area contributed by atoms with Gasteiger partial charge in [0.25, 0.3) is 0 Å². The Morgan fingerprint density at radius 3 is 2.44 bits per heavy atom. The number of halogens is 3. The lowest BCUT2D eigenvalue weighted by atomic mass is 10.3. The number of nitrogens with one attached hydrogen (secondary N) is 1. The van der Waals surface area contributed by atoms with E-state index >= 15 is 0 Å². The van der Waals surface area contributed by atoms with Crippen LogP contribution in [0.4, 0.5) is 5.82 Å². The van der Waals surface area contributed by atoms with Gasteiger partial charge in [0.2, 0.25) is 5.88 Å². The first-order valence-electron chi connectivity index (χ1n) is 4.71. The highest BCUT2D eigenvalue weighted by atomic mass is 79.9. The minimum Gasteiger partial charge on any atom is -0.438 e. The molecule has 5 nitrogen and oxygen atoms in total. The van der Waals surface area contributed by atoms with Crippen molar-refractivity contribution >= 4 is 44.9 Å². The van der Waals surface area contributed by atoms with Crippen LogP contribution in [-0.2, 0) is 0 Å². The van der Waals surface area contributed by atoms with Crippen molar-refractivity contribution in [3.63, 3.8) is 0 Å². The van der Waals surface area contributed by atoms with Crippen LogP contribution in [0.5, 0.6) is 11.6 Å². The van der Waals surface area contributed by atoms with E-state index in [4.69, 9.17) is 33.8 Å². The zero-order valence-electron chi connectivity index (χ0n) is 8.82. The fourth-order valence-electron chi connectivity index (χ4n) is 1.22. The van der Waals surface area contributed by atoms with Gasteiger partial charge in [0, 0.05) is 10.0 Å². The van der Waals surface area contributed by atoms with Crippen LogP contribution in [0.3, 0.4) is 0 Å². The third kappa shape index (κ3) is 3.02. The Balaban J connectivity index is 2.34. The van der Waals surface area contributed by atoms with E-state index in [0.717, 1.165) is 0 Å². The number of nitrogen functional groups attached to an aromatic ring is 1. The summed E-state index contributed by atoms with van der Waals surface area (Å²) in [6.45, 7) is 0. The van der Waals surface area contributed by atoms with Gasteiger partial charge in [0.05, 0.1) is 0 Å². The molecule has 1 aromatic heterocycles. The smallest absolute Gasteiger partial charge is 0.238 e. The number of anilines is 1. The van der Waals surface area contributed by atoms with Gasteiger partial charge in [-0.05, 0) is 34.1 Å². The number of hydrogen-bond acceptors (Lipinski definition) is 5. The molecule has 0 atom stereocenters. The SMILES string of the molecule is NNc1ncnc(Oc2cc(Cl)cc(Cl)c2)c1Br. The molecule has 0 saturated heterocycles. The van der Waals surface area contributed by atoms with E-state index in [-0.39, 0.29) is 0 Å². The van der Waals surface area contributed by atoms with Gasteiger partial charge in [-0.2, -0.15) is 0 Å². The standard InChI is InChI=1S/C10H7BrCl2N4O/c11-8-9(17-14)15-4-16-10(8)18-7-2-5(12)1-6(13)3-7/h1-4H,14H2,(H,15,16,17). The zero-order valence-corrected chi connectivity index (χ0v) is 11.9. The minimum atomic E-state index is 0.302. The van der Waals surface area contributed by atoms with Crippen molar-refractivity contribution in [2.24, 2.45) is 5.84 Å². The van der Waals surface area contributed by atoms with Crippen LogP contribution in [0.2, 0.25) is 10.0 Å². The summed E-state index contributed by atoms with van der Waals surface area (Å²) in [4.78, 5) is 7.89. The molecular weight excluding hydrogens is 343 g/mol. The first kappa shape index (κ1) is 13.4. The van der Waals surface area contributed by atoms with Crippen LogP contribution >= 0.6 is 39.1 Å². The zero-order chi connectivity index (χ0) is 13.1. The van der Waals surface area contributed by atoms with Crippen LogP contribution in [0.15, 0.2) is 29.0 Å². The van der Waals surface area contributed by atoms with E-state index in [1.54, 1.807) is 18.2 Å². The van der Waals surface area contributed by atoms with Crippen molar-refractivity contribution < 1.29 is 4.74 Å². The average Bonchev–Trinajstić information content (AvgIpc) is 2.30. The van der Waals surface area contributed by atoms with Gasteiger partial charge in [0.15, 0.2) is 5.82 Å². The molecule has 3 N–H and O–H groups in total. The molecule has 0 bridgehead atoms. The van der Waals surface area contributed by atoms with Gasteiger partial charge in [-0.1, -0.05) is 23.2 Å². The molecular formula is C10H7BrCl2N4O. The maximum atomic E-state index is 5.87. The lowest BCUT2D eigenvalue weighted by Crippen LogP contribution is -2.09. The molecule has 1 heterocycles. The van der Waals surface area contributed by atoms with E-state index in [1.807, 2.05) is 0 Å². The molecule has 0 fully saturated rings. The molecule has 0 amide bonds. The van der Waals surface area contributed by atoms with E-state index < -0.39 is 0 Å². The van der Waals surface area contributed by atoms with Gasteiger partial charge in [-0.3, -0.25) is 0 Å². The number of rotatable bonds is 3. The number of nitrogens with zero attached hydrogens (tertiary/aromatic N) is 2. The number of nitrogens with two attached hydrogens (primary N) is 1. The first-order valence-corrected chi connectivity index (χ1v) is 6.26. The molecule has 94 valence electrons. The third-order valence-electron chi connectivity index (χ3n) is 1.94. The van der Waals surface area contributed by atoms with Crippen molar-refractivity contribution in [3.8, 4) is 11.6 Å². The number of ether oxygens (including phenoxy) is 1. The van der Waals surface area contributed by atoms with Crippen molar-refractivity contribution in [2.45, 2.75) is 0 Å². The van der Waals surface area contributed by atoms with E-state index in [1.165, 1.54) is 6.33 Å². The fraction of sp³-hybridized carbons (Fsp3) is 0. The van der Waals surface area contributed by atoms with Gasteiger partial charge >= 0.3 is 0 Å². The quantitative estimate of drug-likeness (QED) is 0.654. The molecule has 1 aromatic carbocycles. The highest BCUT2D eigenvalue weighted by Crippen LogP contribution is 2.33. The summed E-state index contributed by atoms with van der Waals surface area (Å²) in [6, 6.07) is 4.85. The Labute approximate surface area is 121 Å². The van der Waals surface area contributed by atoms with Crippen LogP contribution in [0.1, 0.15) is 0 Å². The second-order valence-electron chi connectivity index (χ2n) is 3.19. The van der Waals surface area contributed by atoms with Crippen molar-refractivity contribution in [1.29, 1.82) is 0 Å². The van der Waals surface area contributed by atoms with E-state index in [2.05, 4.69) is 31.3 Å². The largest absolute Gasteiger partial charge is 0.438 e. The van der Waals surface area contributed by atoms with Gasteiger partial charge in [-0.25, -0.2) is 15.8 Å². The lowest BCUT2D eigenvalue weighted by molar-refractivity contribution is 0.458. The molecule has 2 rings (SSSR count). The molecule has 0 aliphatic heterocycles. The van der Waals surface area contributed by atoms with Gasteiger partial charge < -0.3 is 10.2 Å². The predicted molar refractivity (Wildman–Crippen MR) is 74.1 cm³/mol. The Bertz CT molecular complexity index is 562. The van der Waals surface area contributed by atoms with Crippen LogP contribution < -0.4 is 16.0 Å². The average molecular weight is 350 g/mol. The molecule has 2 aromatic rings. The third-order valence-corrected chi connectivity index (χ3v) is 3.10. The first-order chi connectivity index (χ1) is 8.60. The second-order valence-corrected chi connectivity index (χ2v) is 4.86. The molecule has 8 heteroatoms. The fourth-order valence-corrected chi connectivity index (χ4v) is 2.13. The summed E-state index contributed by atoms with van der Waals surface area (Å²) in [7, 11) is 0. The summed E-state index contributed by atoms with van der Waals surface area (Å²) < 4.78 is 6.05. The van der Waals surface area contributed by atoms with Crippen LogP contribution in [-0.4, -0.2) is 9.97 Å². The monoisotopic (exact) mass is 348 g/mol. The maximum absolute atomic E-state index is 5.87. The van der Waals surface area contributed by atoms with Gasteiger partial charge in [0.1, 0.15) is 16.5 Å². The highest BCUT2D eigenvalue weighted by molar-refractivity contribution is 9.10. The Hall–Kier alpha value is -1.08. The summed E-state index contributed by atoms with van der Waals surface area (Å²) in [5.41, 5.74) is 2.41. The predicted octanol–water partition coefficient (Wildman–Crippen LogP) is 3.62. The normalized spacial score (nSPS) is 10.2. The Morgan fingerprint density at radius 1 is 1.17 bits per heavy atom. The van der Waals surface area contributed by atoms with Crippen molar-refractivity contribution in [1.82, 2.24) is 9.97 Å². The minimum absolute atomic E-state index is 0.302. The molecule has 0 aliphatic rings. The Kier molecular flexibility index (Phi) is 4.23. The molecule has 0 saturated carbocycles. The molecule has 18 heavy (non-hydrogen) atoms. The number of aromatic nitrogens is 2. The summed E-state index contributed by atoms with van der Waals surface area (Å²) in [5.74, 6) is 6.47. The molecule has 0 unspecified atom stereocenters. The van der Waals surface area contributed by atoms with Crippen LogP contribution in [0, 0.1) is 0 Å². The number of benzene rings is 1. The van der Waals surface area contributed by atoms with Crippen molar-refractivity contribution in [3.05, 3.63) is 39.0 Å². The van der Waals surface area contributed by atoms with E-state index in [0.29, 0.717) is 32.0 Å². The summed E-state index contributed by atoms with van der Waals surface area (Å²) in [6.07, 6.45) is 1.32. The summed E-state index contributed by atoms with van der Waals surface area (Å²) in [5, 5.41) is 0.944. The molecule has 0 spiro atoms. The maximum Gasteiger partial charge on any atom is 0.238 e. The Morgan fingerprint density at radius 2 is 1.83 bits per heavy atom.